The SMILES string of the molecule is CN(C)CCCN1C(=O)NC(Cc2ccc(F)cc2)(C2CCN(Cc3ccc(CO)o3)CC2)C1=O. The maximum Gasteiger partial charge on any atom is 0.325 e. The van der Waals surface area contributed by atoms with E-state index in [4.69, 9.17) is 4.42 Å². The molecule has 3 amide bonds. The number of hydrogen-bond donors (Lipinski definition) is 2. The third-order valence-corrected chi connectivity index (χ3v) is 7.12. The number of amides is 3. The maximum absolute atomic E-state index is 13.8. The largest absolute Gasteiger partial charge is 0.462 e. The number of carbonyl (C=O) groups excluding carboxylic acids is 2. The first-order valence-corrected chi connectivity index (χ1v) is 12.2. The van der Waals surface area contributed by atoms with E-state index in [1.54, 1.807) is 18.2 Å². The average Bonchev–Trinajstić information content (AvgIpc) is 3.39. The van der Waals surface area contributed by atoms with Gasteiger partial charge in [-0.25, -0.2) is 9.18 Å². The molecule has 1 aromatic carbocycles. The number of benzene rings is 1. The standard InChI is InChI=1S/C26H35FN4O4/c1-29(2)12-3-13-31-24(33)26(28-25(31)34,16-19-4-6-21(27)7-5-19)20-10-14-30(15-11-20)17-22-8-9-23(18-32)35-22/h4-9,20,32H,3,10-18H2,1-2H3,(H,28,34). The number of nitrogens with one attached hydrogen (secondary N) is 1. The van der Waals surface area contributed by atoms with Crippen molar-refractivity contribution < 1.29 is 23.5 Å². The van der Waals surface area contributed by atoms with Gasteiger partial charge in [-0.15, -0.1) is 0 Å². The van der Waals surface area contributed by atoms with Crippen LogP contribution in [-0.4, -0.2) is 77.6 Å². The van der Waals surface area contributed by atoms with Gasteiger partial charge >= 0.3 is 6.03 Å². The summed E-state index contributed by atoms with van der Waals surface area (Å²) in [4.78, 5) is 32.4. The highest BCUT2D eigenvalue weighted by Gasteiger charge is 2.55. The molecule has 9 heteroatoms. The van der Waals surface area contributed by atoms with E-state index in [1.165, 1.54) is 17.0 Å². The van der Waals surface area contributed by atoms with Crippen LogP contribution in [0.3, 0.4) is 0 Å². The van der Waals surface area contributed by atoms with Crippen LogP contribution in [-0.2, 0) is 24.4 Å². The molecule has 2 aromatic rings. The van der Waals surface area contributed by atoms with Crippen LogP contribution >= 0.6 is 0 Å². The Balaban J connectivity index is 1.49. The lowest BCUT2D eigenvalue weighted by Crippen LogP contribution is -2.57. The van der Waals surface area contributed by atoms with E-state index in [0.29, 0.717) is 31.7 Å². The summed E-state index contributed by atoms with van der Waals surface area (Å²) in [5, 5.41) is 12.3. The Morgan fingerprint density at radius 3 is 2.43 bits per heavy atom. The van der Waals surface area contributed by atoms with Crippen LogP contribution in [0.2, 0.25) is 0 Å². The highest BCUT2D eigenvalue weighted by Crippen LogP contribution is 2.37. The number of likely N-dealkylation sites (tertiary alicyclic amines) is 1. The van der Waals surface area contributed by atoms with Gasteiger partial charge in [0.15, 0.2) is 0 Å². The molecule has 0 aliphatic carbocycles. The summed E-state index contributed by atoms with van der Waals surface area (Å²) in [6.45, 7) is 3.18. The van der Waals surface area contributed by atoms with Crippen molar-refractivity contribution in [2.45, 2.75) is 44.4 Å². The minimum absolute atomic E-state index is 0.0382. The Labute approximate surface area is 205 Å². The monoisotopic (exact) mass is 486 g/mol. The van der Waals surface area contributed by atoms with Gasteiger partial charge in [-0.1, -0.05) is 12.1 Å². The maximum atomic E-state index is 13.8. The van der Waals surface area contributed by atoms with Gasteiger partial charge in [-0.3, -0.25) is 14.6 Å². The summed E-state index contributed by atoms with van der Waals surface area (Å²) in [5.74, 6) is 0.796. The number of imide groups is 1. The van der Waals surface area contributed by atoms with Gasteiger partial charge in [-0.05, 0) is 88.7 Å². The number of urea groups is 1. The van der Waals surface area contributed by atoms with Crippen molar-refractivity contribution in [1.82, 2.24) is 20.0 Å². The minimum Gasteiger partial charge on any atom is -0.462 e. The molecule has 0 radical (unpaired) electrons. The lowest BCUT2D eigenvalue weighted by atomic mass is 9.74. The first-order chi connectivity index (χ1) is 16.8. The molecule has 0 saturated carbocycles. The van der Waals surface area contributed by atoms with Gasteiger partial charge in [0.2, 0.25) is 0 Å². The van der Waals surface area contributed by atoms with Crippen molar-refractivity contribution in [2.24, 2.45) is 5.92 Å². The van der Waals surface area contributed by atoms with Gasteiger partial charge in [-0.2, -0.15) is 0 Å². The predicted molar refractivity (Wildman–Crippen MR) is 129 cm³/mol. The summed E-state index contributed by atoms with van der Waals surface area (Å²) in [6.07, 6.45) is 2.53. The number of carbonyl (C=O) groups is 2. The van der Waals surface area contributed by atoms with Crippen LogP contribution in [0.25, 0.3) is 0 Å². The molecular weight excluding hydrogens is 451 g/mol. The van der Waals surface area contributed by atoms with Crippen molar-refractivity contribution in [2.75, 3.05) is 40.3 Å². The third-order valence-electron chi connectivity index (χ3n) is 7.12. The van der Waals surface area contributed by atoms with Crippen molar-refractivity contribution >= 4 is 11.9 Å². The zero-order chi connectivity index (χ0) is 25.0. The Morgan fingerprint density at radius 1 is 1.11 bits per heavy atom. The number of piperidine rings is 1. The van der Waals surface area contributed by atoms with Crippen molar-refractivity contribution in [3.8, 4) is 0 Å². The molecular formula is C26H35FN4O4. The summed E-state index contributed by atoms with van der Waals surface area (Å²) >= 11 is 0. The van der Waals surface area contributed by atoms with Crippen LogP contribution in [0.1, 0.15) is 36.3 Å². The number of halogens is 1. The second-order valence-electron chi connectivity index (χ2n) is 9.89. The van der Waals surface area contributed by atoms with Crippen LogP contribution in [0.5, 0.6) is 0 Å². The van der Waals surface area contributed by atoms with Gasteiger partial charge < -0.3 is 19.7 Å². The fraction of sp³-hybridized carbons (Fsp3) is 0.538. The first-order valence-electron chi connectivity index (χ1n) is 12.2. The van der Waals surface area contributed by atoms with Gasteiger partial charge in [0.05, 0.1) is 6.54 Å². The smallest absolute Gasteiger partial charge is 0.325 e. The van der Waals surface area contributed by atoms with E-state index in [1.807, 2.05) is 25.1 Å². The molecule has 1 atom stereocenters. The predicted octanol–water partition coefficient (Wildman–Crippen LogP) is 2.61. The van der Waals surface area contributed by atoms with Crippen molar-refractivity contribution in [3.05, 3.63) is 59.3 Å². The summed E-state index contributed by atoms with van der Waals surface area (Å²) in [6, 6.07) is 9.48. The molecule has 0 spiro atoms. The number of hydrogen-bond acceptors (Lipinski definition) is 6. The normalized spacial score (nSPS) is 21.8. The Morgan fingerprint density at radius 2 is 1.80 bits per heavy atom. The second kappa shape index (κ2) is 10.9. The second-order valence-corrected chi connectivity index (χ2v) is 9.89. The zero-order valence-corrected chi connectivity index (χ0v) is 20.5. The summed E-state index contributed by atoms with van der Waals surface area (Å²) in [7, 11) is 3.93. The van der Waals surface area contributed by atoms with Gasteiger partial charge in [0, 0.05) is 13.0 Å². The zero-order valence-electron chi connectivity index (χ0n) is 20.5. The molecule has 2 fully saturated rings. The Hall–Kier alpha value is -2.75. The van der Waals surface area contributed by atoms with E-state index >= 15 is 0 Å². The highest BCUT2D eigenvalue weighted by atomic mass is 19.1. The van der Waals surface area contributed by atoms with Crippen LogP contribution in [0.15, 0.2) is 40.8 Å². The van der Waals surface area contributed by atoms with E-state index < -0.39 is 5.54 Å². The fourth-order valence-corrected chi connectivity index (χ4v) is 5.25. The average molecular weight is 487 g/mol. The van der Waals surface area contributed by atoms with E-state index in [0.717, 1.165) is 43.8 Å². The molecule has 2 aliphatic heterocycles. The van der Waals surface area contributed by atoms with Crippen molar-refractivity contribution in [3.63, 3.8) is 0 Å². The van der Waals surface area contributed by atoms with E-state index in [-0.39, 0.29) is 30.3 Å². The Kier molecular flexibility index (Phi) is 7.88. The molecule has 35 heavy (non-hydrogen) atoms. The summed E-state index contributed by atoms with van der Waals surface area (Å²) < 4.78 is 19.2. The Bertz CT molecular complexity index is 1020. The summed E-state index contributed by atoms with van der Waals surface area (Å²) in [5.41, 5.74) is -0.210. The number of aliphatic hydroxyl groups is 1. The molecule has 2 saturated heterocycles. The molecule has 3 heterocycles. The lowest BCUT2D eigenvalue weighted by molar-refractivity contribution is -0.134. The molecule has 190 valence electrons. The van der Waals surface area contributed by atoms with E-state index in [9.17, 15) is 19.1 Å². The molecule has 1 unspecified atom stereocenters. The van der Waals surface area contributed by atoms with Gasteiger partial charge in [0.25, 0.3) is 5.91 Å². The van der Waals surface area contributed by atoms with Crippen LogP contribution in [0, 0.1) is 11.7 Å². The molecule has 8 nitrogen and oxygen atoms in total. The van der Waals surface area contributed by atoms with Gasteiger partial charge in [0.1, 0.15) is 29.5 Å². The number of rotatable bonds is 10. The third kappa shape index (κ3) is 5.74. The lowest BCUT2D eigenvalue weighted by Gasteiger charge is -2.41. The van der Waals surface area contributed by atoms with Crippen molar-refractivity contribution in [1.29, 1.82) is 0 Å². The first kappa shape index (κ1) is 25.3. The molecule has 2 aliphatic rings. The quantitative estimate of drug-likeness (QED) is 0.502. The molecule has 2 N–H and O–H groups in total. The number of furan rings is 1. The highest BCUT2D eigenvalue weighted by molar-refractivity contribution is 6.07. The number of nitrogens with zero attached hydrogens (tertiary/aromatic N) is 3. The number of aliphatic hydroxyl groups excluding tert-OH is 1. The molecule has 1 aromatic heterocycles. The van der Waals surface area contributed by atoms with E-state index in [2.05, 4.69) is 10.2 Å². The topological polar surface area (TPSA) is 89.3 Å². The fourth-order valence-electron chi connectivity index (χ4n) is 5.25. The molecule has 4 rings (SSSR count). The molecule has 0 bridgehead atoms. The van der Waals surface area contributed by atoms with Crippen LogP contribution in [0.4, 0.5) is 9.18 Å². The minimum atomic E-state index is -1.03. The van der Waals surface area contributed by atoms with Crippen LogP contribution < -0.4 is 5.32 Å².